The van der Waals surface area contributed by atoms with Crippen molar-refractivity contribution in [3.8, 4) is 0 Å². The summed E-state index contributed by atoms with van der Waals surface area (Å²) in [5, 5.41) is 5.75. The molecule has 0 bridgehead atoms. The summed E-state index contributed by atoms with van der Waals surface area (Å²) in [5.74, 6) is 0.113. The Balaban J connectivity index is 0.00000225. The van der Waals surface area contributed by atoms with E-state index in [1.165, 1.54) is 0 Å². The Bertz CT molecular complexity index is 725. The van der Waals surface area contributed by atoms with Gasteiger partial charge in [-0.3, -0.25) is 9.59 Å². The lowest BCUT2D eigenvalue weighted by molar-refractivity contribution is -0.117. The van der Waals surface area contributed by atoms with Gasteiger partial charge in [0.25, 0.3) is 5.91 Å². The summed E-state index contributed by atoms with van der Waals surface area (Å²) in [6.07, 6.45) is 2.70. The number of hydrogen-bond acceptors (Lipinski definition) is 3. The first-order chi connectivity index (χ1) is 11.6. The Hall–Kier alpha value is -2.53. The minimum absolute atomic E-state index is 0. The molecule has 2 aromatic carbocycles. The molecule has 5 nitrogen and oxygen atoms in total. The summed E-state index contributed by atoms with van der Waals surface area (Å²) in [5.41, 5.74) is 8.81. The Morgan fingerprint density at radius 2 is 1.64 bits per heavy atom. The van der Waals surface area contributed by atoms with Crippen molar-refractivity contribution < 1.29 is 9.59 Å². The number of carbonyl (C=O) groups is 2. The Labute approximate surface area is 153 Å². The van der Waals surface area contributed by atoms with E-state index in [0.717, 1.165) is 36.2 Å². The van der Waals surface area contributed by atoms with Crippen molar-refractivity contribution in [1.82, 2.24) is 5.32 Å². The molecular formula is C19H22ClN3O2. The average molecular weight is 360 g/mol. The second-order valence-electron chi connectivity index (χ2n) is 6.09. The SMILES string of the molecule is Cl.Nc1ccc(CCNC(=O)c2ccc(NC(=O)C3CC3)cc2)cc1. The van der Waals surface area contributed by atoms with Crippen LogP contribution >= 0.6 is 12.4 Å². The van der Waals surface area contributed by atoms with Gasteiger partial charge >= 0.3 is 0 Å². The van der Waals surface area contributed by atoms with Crippen molar-refractivity contribution >= 4 is 35.6 Å². The molecule has 0 aromatic heterocycles. The van der Waals surface area contributed by atoms with Crippen LogP contribution in [-0.2, 0) is 11.2 Å². The molecule has 0 heterocycles. The number of halogens is 1. The molecule has 2 aromatic rings. The second kappa shape index (κ2) is 8.53. The molecular weight excluding hydrogens is 338 g/mol. The Kier molecular flexibility index (Phi) is 6.42. The molecule has 1 aliphatic rings. The van der Waals surface area contributed by atoms with Gasteiger partial charge in [0.15, 0.2) is 0 Å². The van der Waals surface area contributed by atoms with Crippen molar-refractivity contribution in [2.24, 2.45) is 5.92 Å². The van der Waals surface area contributed by atoms with Crippen molar-refractivity contribution in [3.63, 3.8) is 0 Å². The quantitative estimate of drug-likeness (QED) is 0.693. The van der Waals surface area contributed by atoms with Gasteiger partial charge in [0.2, 0.25) is 5.91 Å². The van der Waals surface area contributed by atoms with Gasteiger partial charge in [-0.05, 0) is 61.2 Å². The summed E-state index contributed by atoms with van der Waals surface area (Å²) in [6, 6.07) is 14.6. The third kappa shape index (κ3) is 5.50. The maximum Gasteiger partial charge on any atom is 0.251 e. The van der Waals surface area contributed by atoms with Crippen LogP contribution in [0.25, 0.3) is 0 Å². The third-order valence-electron chi connectivity index (χ3n) is 4.04. The van der Waals surface area contributed by atoms with E-state index in [1.807, 2.05) is 24.3 Å². The van der Waals surface area contributed by atoms with Gasteiger partial charge in [-0.2, -0.15) is 0 Å². The molecule has 0 radical (unpaired) electrons. The van der Waals surface area contributed by atoms with Gasteiger partial charge in [0, 0.05) is 29.4 Å². The minimum atomic E-state index is -0.120. The molecule has 4 N–H and O–H groups in total. The molecule has 1 aliphatic carbocycles. The lowest BCUT2D eigenvalue weighted by atomic mass is 10.1. The van der Waals surface area contributed by atoms with Crippen LogP contribution < -0.4 is 16.4 Å². The topological polar surface area (TPSA) is 84.2 Å². The molecule has 2 amide bonds. The fourth-order valence-electron chi connectivity index (χ4n) is 2.40. The average Bonchev–Trinajstić information content (AvgIpc) is 3.42. The molecule has 1 saturated carbocycles. The molecule has 1 fully saturated rings. The largest absolute Gasteiger partial charge is 0.399 e. The third-order valence-corrected chi connectivity index (χ3v) is 4.04. The highest BCUT2D eigenvalue weighted by Gasteiger charge is 2.29. The number of rotatable bonds is 6. The van der Waals surface area contributed by atoms with Crippen LogP contribution in [0.2, 0.25) is 0 Å². The highest BCUT2D eigenvalue weighted by molar-refractivity contribution is 5.96. The molecule has 25 heavy (non-hydrogen) atoms. The van der Waals surface area contributed by atoms with Gasteiger partial charge < -0.3 is 16.4 Å². The smallest absolute Gasteiger partial charge is 0.251 e. The van der Waals surface area contributed by atoms with Crippen molar-refractivity contribution in [2.75, 3.05) is 17.6 Å². The predicted molar refractivity (Wildman–Crippen MR) is 102 cm³/mol. The van der Waals surface area contributed by atoms with Crippen LogP contribution in [0.1, 0.15) is 28.8 Å². The van der Waals surface area contributed by atoms with Crippen LogP contribution in [0.5, 0.6) is 0 Å². The summed E-state index contributed by atoms with van der Waals surface area (Å²) in [6.45, 7) is 0.558. The minimum Gasteiger partial charge on any atom is -0.399 e. The Morgan fingerprint density at radius 3 is 2.24 bits per heavy atom. The van der Waals surface area contributed by atoms with E-state index in [0.29, 0.717) is 12.1 Å². The highest BCUT2D eigenvalue weighted by Crippen LogP contribution is 2.30. The van der Waals surface area contributed by atoms with E-state index in [1.54, 1.807) is 24.3 Å². The van der Waals surface area contributed by atoms with E-state index < -0.39 is 0 Å². The number of amides is 2. The fraction of sp³-hybridized carbons (Fsp3) is 0.263. The highest BCUT2D eigenvalue weighted by atomic mass is 35.5. The lowest BCUT2D eigenvalue weighted by Crippen LogP contribution is -2.25. The molecule has 0 atom stereocenters. The van der Waals surface area contributed by atoms with Crippen molar-refractivity contribution in [2.45, 2.75) is 19.3 Å². The number of nitrogens with one attached hydrogen (secondary N) is 2. The monoisotopic (exact) mass is 359 g/mol. The fourth-order valence-corrected chi connectivity index (χ4v) is 2.40. The first-order valence-corrected chi connectivity index (χ1v) is 8.15. The van der Waals surface area contributed by atoms with Crippen LogP contribution in [0, 0.1) is 5.92 Å². The number of anilines is 2. The molecule has 6 heteroatoms. The van der Waals surface area contributed by atoms with Gasteiger partial charge in [-0.15, -0.1) is 12.4 Å². The van der Waals surface area contributed by atoms with Crippen LogP contribution in [-0.4, -0.2) is 18.4 Å². The van der Waals surface area contributed by atoms with Crippen molar-refractivity contribution in [3.05, 3.63) is 59.7 Å². The van der Waals surface area contributed by atoms with Crippen LogP contribution in [0.4, 0.5) is 11.4 Å². The number of benzene rings is 2. The predicted octanol–water partition coefficient (Wildman–Crippen LogP) is 3.01. The summed E-state index contributed by atoms with van der Waals surface area (Å²) < 4.78 is 0. The van der Waals surface area contributed by atoms with Gasteiger partial charge in [-0.25, -0.2) is 0 Å². The zero-order valence-electron chi connectivity index (χ0n) is 13.8. The molecule has 132 valence electrons. The first kappa shape index (κ1) is 18.8. The standard InChI is InChI=1S/C19H21N3O2.ClH/c20-16-7-1-13(2-8-16)11-12-21-18(23)14-5-9-17(10-6-14)22-19(24)15-3-4-15;/h1-2,5-10,15H,3-4,11-12,20H2,(H,21,23)(H,22,24);1H. The maximum atomic E-state index is 12.1. The molecule has 0 saturated heterocycles. The maximum absolute atomic E-state index is 12.1. The number of carbonyl (C=O) groups excluding carboxylic acids is 2. The number of hydrogen-bond donors (Lipinski definition) is 3. The summed E-state index contributed by atoms with van der Waals surface area (Å²) in [7, 11) is 0. The van der Waals surface area contributed by atoms with E-state index in [2.05, 4.69) is 10.6 Å². The van der Waals surface area contributed by atoms with Crippen LogP contribution in [0.15, 0.2) is 48.5 Å². The van der Waals surface area contributed by atoms with Gasteiger partial charge in [-0.1, -0.05) is 12.1 Å². The number of nitrogen functional groups attached to an aromatic ring is 1. The van der Waals surface area contributed by atoms with E-state index in [-0.39, 0.29) is 30.1 Å². The lowest BCUT2D eigenvalue weighted by Gasteiger charge is -2.07. The van der Waals surface area contributed by atoms with Gasteiger partial charge in [0.05, 0.1) is 0 Å². The summed E-state index contributed by atoms with van der Waals surface area (Å²) >= 11 is 0. The Morgan fingerprint density at radius 1 is 1.00 bits per heavy atom. The number of nitrogens with two attached hydrogens (primary N) is 1. The second-order valence-corrected chi connectivity index (χ2v) is 6.09. The zero-order chi connectivity index (χ0) is 16.9. The van der Waals surface area contributed by atoms with E-state index in [9.17, 15) is 9.59 Å². The van der Waals surface area contributed by atoms with E-state index >= 15 is 0 Å². The van der Waals surface area contributed by atoms with E-state index in [4.69, 9.17) is 5.73 Å². The molecule has 3 rings (SSSR count). The first-order valence-electron chi connectivity index (χ1n) is 8.15. The molecule has 0 aliphatic heterocycles. The van der Waals surface area contributed by atoms with Crippen LogP contribution in [0.3, 0.4) is 0 Å². The molecule has 0 spiro atoms. The summed E-state index contributed by atoms with van der Waals surface area (Å²) in [4.78, 5) is 23.8. The molecule has 0 unspecified atom stereocenters. The van der Waals surface area contributed by atoms with Gasteiger partial charge in [0.1, 0.15) is 0 Å². The normalized spacial score (nSPS) is 12.8. The zero-order valence-corrected chi connectivity index (χ0v) is 14.6. The van der Waals surface area contributed by atoms with Crippen molar-refractivity contribution in [1.29, 1.82) is 0 Å².